The lowest BCUT2D eigenvalue weighted by atomic mass is 9.82. The van der Waals surface area contributed by atoms with Crippen LogP contribution in [0.15, 0.2) is 265 Å². The Kier molecular flexibility index (Phi) is 10.1. The second-order valence-electron chi connectivity index (χ2n) is 18.9. The van der Waals surface area contributed by atoms with Crippen LogP contribution in [-0.4, -0.2) is 0 Å². The normalized spacial score (nSPS) is 12.5. The van der Waals surface area contributed by atoms with E-state index in [4.69, 9.17) is 4.42 Å². The maximum absolute atomic E-state index is 6.48. The molecule has 0 amide bonds. The van der Waals surface area contributed by atoms with Crippen molar-refractivity contribution in [1.82, 2.24) is 0 Å². The molecule has 4 nitrogen and oxygen atoms in total. The predicted octanol–water partition coefficient (Wildman–Crippen LogP) is 19.1. The van der Waals surface area contributed by atoms with Gasteiger partial charge in [0.15, 0.2) is 0 Å². The highest BCUT2D eigenvalue weighted by Crippen LogP contribution is 2.52. The Morgan fingerprint density at radius 1 is 0.282 bits per heavy atom. The Labute approximate surface area is 414 Å². The molecule has 0 fully saturated rings. The molecule has 0 unspecified atom stereocenters. The van der Waals surface area contributed by atoms with E-state index in [1.54, 1.807) is 0 Å². The highest BCUT2D eigenvalue weighted by Gasteiger charge is 2.36. The van der Waals surface area contributed by atoms with E-state index in [1.807, 2.05) is 12.1 Å². The number of rotatable bonds is 10. The minimum Gasteiger partial charge on any atom is -0.456 e. The molecule has 1 heterocycles. The van der Waals surface area contributed by atoms with Gasteiger partial charge in [0.2, 0.25) is 0 Å². The van der Waals surface area contributed by atoms with Crippen LogP contribution < -0.4 is 14.7 Å². The number of furan rings is 1. The summed E-state index contributed by atoms with van der Waals surface area (Å²) in [7, 11) is 0. The van der Waals surface area contributed by atoms with Crippen LogP contribution >= 0.6 is 0 Å². The fourth-order valence-corrected chi connectivity index (χ4v) is 11.1. The molecule has 0 N–H and O–H groups in total. The van der Waals surface area contributed by atoms with Crippen molar-refractivity contribution in [2.24, 2.45) is 0 Å². The van der Waals surface area contributed by atoms with Gasteiger partial charge in [0, 0.05) is 73.1 Å². The fourth-order valence-electron chi connectivity index (χ4n) is 11.1. The van der Waals surface area contributed by atoms with Crippen LogP contribution in [0.5, 0.6) is 0 Å². The number of para-hydroxylation sites is 5. The number of hydrogen-bond acceptors (Lipinski definition) is 4. The molecule has 0 spiro atoms. The van der Waals surface area contributed by atoms with Crippen molar-refractivity contribution < 1.29 is 4.42 Å². The van der Waals surface area contributed by atoms with Gasteiger partial charge in [-0.25, -0.2) is 0 Å². The third kappa shape index (κ3) is 7.23. The van der Waals surface area contributed by atoms with Crippen molar-refractivity contribution >= 4 is 83.9 Å². The standard InChI is InChI=1S/C67H49N3O/c1-67(2)62-34-17-15-29-57(62)58-39-37-51(44-63(58)67)69(49-25-11-5-12-26-49)54-42-46(41-53(43-54)68(47-21-7-3-8-22-47)48-23-9-4-10-24-48)55-31-19-33-59-56(55)32-20-35-64(59)70(50-27-13-6-14-28-50)52-38-40-61-60-30-16-18-36-65(60)71-66(61)45-52/h3-45H,1-2H3. The molecular formula is C67H49N3O. The Balaban J connectivity index is 1.04. The Bertz CT molecular complexity index is 3880. The minimum atomic E-state index is -0.166. The molecule has 1 aliphatic rings. The largest absolute Gasteiger partial charge is 0.456 e. The van der Waals surface area contributed by atoms with Gasteiger partial charge in [-0.3, -0.25) is 0 Å². The van der Waals surface area contributed by atoms with Crippen LogP contribution in [0.4, 0.5) is 51.2 Å². The van der Waals surface area contributed by atoms with Crippen LogP contribution in [0.1, 0.15) is 25.0 Å². The first-order chi connectivity index (χ1) is 35.0. The molecule has 0 aliphatic heterocycles. The van der Waals surface area contributed by atoms with Gasteiger partial charge in [0.1, 0.15) is 11.2 Å². The topological polar surface area (TPSA) is 22.9 Å². The Morgan fingerprint density at radius 2 is 0.761 bits per heavy atom. The van der Waals surface area contributed by atoms with Gasteiger partial charge >= 0.3 is 0 Å². The van der Waals surface area contributed by atoms with Crippen LogP contribution in [0.3, 0.4) is 0 Å². The summed E-state index contributed by atoms with van der Waals surface area (Å²) in [6, 6.07) is 94.2. The highest BCUT2D eigenvalue weighted by molar-refractivity contribution is 6.09. The van der Waals surface area contributed by atoms with Gasteiger partial charge in [-0.2, -0.15) is 0 Å². The van der Waals surface area contributed by atoms with Gasteiger partial charge in [-0.15, -0.1) is 0 Å². The van der Waals surface area contributed by atoms with Crippen molar-refractivity contribution in [1.29, 1.82) is 0 Å². The molecule has 12 aromatic rings. The van der Waals surface area contributed by atoms with E-state index in [-0.39, 0.29) is 5.41 Å². The van der Waals surface area contributed by atoms with Crippen LogP contribution in [0, 0.1) is 0 Å². The average molecular weight is 912 g/mol. The van der Waals surface area contributed by atoms with E-state index in [0.29, 0.717) is 0 Å². The lowest BCUT2D eigenvalue weighted by Gasteiger charge is -2.31. The molecule has 11 aromatic carbocycles. The number of nitrogens with zero attached hydrogens (tertiary/aromatic N) is 3. The first kappa shape index (κ1) is 42.0. The zero-order chi connectivity index (χ0) is 47.5. The first-order valence-electron chi connectivity index (χ1n) is 24.4. The third-order valence-corrected chi connectivity index (χ3v) is 14.4. The lowest BCUT2D eigenvalue weighted by Crippen LogP contribution is -2.17. The molecule has 4 heteroatoms. The molecule has 71 heavy (non-hydrogen) atoms. The third-order valence-electron chi connectivity index (χ3n) is 14.4. The highest BCUT2D eigenvalue weighted by atomic mass is 16.3. The summed E-state index contributed by atoms with van der Waals surface area (Å²) in [4.78, 5) is 7.17. The maximum atomic E-state index is 6.48. The minimum absolute atomic E-state index is 0.166. The first-order valence-corrected chi connectivity index (χ1v) is 24.4. The quantitative estimate of drug-likeness (QED) is 0.136. The fraction of sp³-hybridized carbons (Fsp3) is 0.0448. The average Bonchev–Trinajstić information content (AvgIpc) is 3.91. The molecule has 0 bridgehead atoms. The van der Waals surface area contributed by atoms with Gasteiger partial charge in [0.25, 0.3) is 0 Å². The molecule has 0 saturated carbocycles. The second kappa shape index (κ2) is 17.1. The van der Waals surface area contributed by atoms with Crippen molar-refractivity contribution in [3.63, 3.8) is 0 Å². The second-order valence-corrected chi connectivity index (χ2v) is 18.9. The van der Waals surface area contributed by atoms with Crippen LogP contribution in [0.2, 0.25) is 0 Å². The monoisotopic (exact) mass is 911 g/mol. The number of fused-ring (bicyclic) bond motifs is 7. The zero-order valence-corrected chi connectivity index (χ0v) is 39.6. The van der Waals surface area contributed by atoms with Gasteiger partial charge in [-0.05, 0) is 142 Å². The smallest absolute Gasteiger partial charge is 0.137 e. The van der Waals surface area contributed by atoms with Crippen molar-refractivity contribution in [2.75, 3.05) is 14.7 Å². The summed E-state index contributed by atoms with van der Waals surface area (Å²) in [6.07, 6.45) is 0. The van der Waals surface area contributed by atoms with Gasteiger partial charge < -0.3 is 19.1 Å². The summed E-state index contributed by atoms with van der Waals surface area (Å²) in [5, 5.41) is 4.50. The van der Waals surface area contributed by atoms with E-state index in [9.17, 15) is 0 Å². The molecule has 0 atom stereocenters. The summed E-state index contributed by atoms with van der Waals surface area (Å²) in [5.74, 6) is 0. The van der Waals surface area contributed by atoms with E-state index >= 15 is 0 Å². The van der Waals surface area contributed by atoms with Crippen LogP contribution in [-0.2, 0) is 5.41 Å². The Hall–Kier alpha value is -9.12. The van der Waals surface area contributed by atoms with E-state index < -0.39 is 0 Å². The molecule has 1 aliphatic carbocycles. The van der Waals surface area contributed by atoms with E-state index in [0.717, 1.165) is 95.0 Å². The summed E-state index contributed by atoms with van der Waals surface area (Å²) < 4.78 is 6.48. The molecule has 0 radical (unpaired) electrons. The molecular weight excluding hydrogens is 863 g/mol. The number of anilines is 9. The van der Waals surface area contributed by atoms with E-state index in [1.165, 1.54) is 22.3 Å². The molecule has 13 rings (SSSR count). The SMILES string of the molecule is CC1(C)c2ccccc2-c2ccc(N(c3ccccc3)c3cc(-c4cccc5c(N(c6ccccc6)c6ccc7c(c6)oc6ccccc67)cccc45)cc(N(c4ccccc4)c4ccccc4)c3)cc21. The lowest BCUT2D eigenvalue weighted by molar-refractivity contribution is 0.660. The summed E-state index contributed by atoms with van der Waals surface area (Å²) >= 11 is 0. The van der Waals surface area contributed by atoms with E-state index in [2.05, 4.69) is 277 Å². The van der Waals surface area contributed by atoms with Crippen molar-refractivity contribution in [3.05, 3.63) is 272 Å². The van der Waals surface area contributed by atoms with Gasteiger partial charge in [-0.1, -0.05) is 166 Å². The van der Waals surface area contributed by atoms with Crippen LogP contribution in [0.25, 0.3) is 55.0 Å². The molecule has 1 aromatic heterocycles. The summed E-state index contributed by atoms with van der Waals surface area (Å²) in [5.41, 5.74) is 18.7. The van der Waals surface area contributed by atoms with Crippen molar-refractivity contribution in [2.45, 2.75) is 19.3 Å². The number of benzene rings is 11. The predicted molar refractivity (Wildman–Crippen MR) is 298 cm³/mol. The maximum Gasteiger partial charge on any atom is 0.137 e. The van der Waals surface area contributed by atoms with Crippen molar-refractivity contribution in [3.8, 4) is 22.3 Å². The summed E-state index contributed by atoms with van der Waals surface area (Å²) in [6.45, 7) is 4.71. The molecule has 338 valence electrons. The Morgan fingerprint density at radius 3 is 1.44 bits per heavy atom. The molecule has 0 saturated heterocycles. The van der Waals surface area contributed by atoms with Gasteiger partial charge in [0.05, 0.1) is 5.69 Å². The zero-order valence-electron chi connectivity index (χ0n) is 39.6. The number of hydrogen-bond donors (Lipinski definition) is 0.